The Labute approximate surface area is 100 Å². The summed E-state index contributed by atoms with van der Waals surface area (Å²) in [5, 5.41) is 9.42. The molecule has 1 rings (SSSR count). The summed E-state index contributed by atoms with van der Waals surface area (Å²) in [6.07, 6.45) is 5.92. The van der Waals surface area contributed by atoms with E-state index in [9.17, 15) is 4.79 Å². The minimum absolute atomic E-state index is 0.0694. The Hall–Kier alpha value is -0.970. The summed E-state index contributed by atoms with van der Waals surface area (Å²) in [5.74, 6) is -0.0969. The average Bonchev–Trinajstić information content (AvgIpc) is 2.70. The second-order valence-corrected chi connectivity index (χ2v) is 4.67. The van der Waals surface area contributed by atoms with Gasteiger partial charge in [0.25, 0.3) is 0 Å². The van der Waals surface area contributed by atoms with E-state index in [4.69, 9.17) is 5.11 Å². The van der Waals surface area contributed by atoms with Crippen molar-refractivity contribution < 1.29 is 9.90 Å². The van der Waals surface area contributed by atoms with Gasteiger partial charge in [0.05, 0.1) is 5.75 Å². The minimum Gasteiger partial charge on any atom is -0.481 e. The lowest BCUT2D eigenvalue weighted by Crippen LogP contribution is -2.10. The van der Waals surface area contributed by atoms with Crippen LogP contribution in [0.4, 0.5) is 0 Å². The van der Waals surface area contributed by atoms with Crippen molar-refractivity contribution in [3.8, 4) is 0 Å². The molecule has 0 saturated heterocycles. The monoisotopic (exact) mass is 242 g/mol. The molecule has 0 aliphatic carbocycles. The molecule has 0 bridgehead atoms. The zero-order valence-corrected chi connectivity index (χ0v) is 10.5. The van der Waals surface area contributed by atoms with E-state index in [0.29, 0.717) is 5.92 Å². The number of hydrogen-bond acceptors (Lipinski definition) is 3. The van der Waals surface area contributed by atoms with Crippen LogP contribution in [0.25, 0.3) is 0 Å². The van der Waals surface area contributed by atoms with Gasteiger partial charge in [-0.15, -0.1) is 0 Å². The third-order valence-corrected chi connectivity index (χ3v) is 3.60. The number of imidazole rings is 1. The van der Waals surface area contributed by atoms with Crippen LogP contribution in [0.15, 0.2) is 17.6 Å². The molecule has 1 heterocycles. The quantitative estimate of drug-likeness (QED) is 0.746. The summed E-state index contributed by atoms with van der Waals surface area (Å²) in [4.78, 5) is 14.7. The molecule has 0 aliphatic heterocycles. The molecule has 5 heteroatoms. The summed E-state index contributed by atoms with van der Waals surface area (Å²) >= 11 is 1.28. The van der Waals surface area contributed by atoms with Gasteiger partial charge < -0.3 is 9.67 Å². The molecule has 1 N–H and O–H groups in total. The lowest BCUT2D eigenvalue weighted by Gasteiger charge is -2.14. The highest BCUT2D eigenvalue weighted by molar-refractivity contribution is 7.99. The summed E-state index contributed by atoms with van der Waals surface area (Å²) in [7, 11) is 0. The van der Waals surface area contributed by atoms with Gasteiger partial charge in [-0.05, 0) is 5.92 Å². The van der Waals surface area contributed by atoms with Crippen LogP contribution < -0.4 is 0 Å². The molecule has 16 heavy (non-hydrogen) atoms. The van der Waals surface area contributed by atoms with Crippen molar-refractivity contribution in [3.63, 3.8) is 0 Å². The average molecular weight is 242 g/mol. The number of carboxylic acid groups (broad SMARTS) is 1. The number of aliphatic carboxylic acids is 1. The highest BCUT2D eigenvalue weighted by Crippen LogP contribution is 2.19. The maximum absolute atomic E-state index is 10.5. The summed E-state index contributed by atoms with van der Waals surface area (Å²) in [6, 6.07) is 0. The van der Waals surface area contributed by atoms with Crippen LogP contribution in [0.1, 0.15) is 26.7 Å². The van der Waals surface area contributed by atoms with Gasteiger partial charge in [0.1, 0.15) is 0 Å². The fourth-order valence-corrected chi connectivity index (χ4v) is 2.22. The van der Waals surface area contributed by atoms with E-state index in [2.05, 4.69) is 18.8 Å². The van der Waals surface area contributed by atoms with Gasteiger partial charge in [0, 0.05) is 18.9 Å². The van der Waals surface area contributed by atoms with Crippen molar-refractivity contribution in [1.82, 2.24) is 9.55 Å². The van der Waals surface area contributed by atoms with Crippen LogP contribution in [-0.4, -0.2) is 26.4 Å². The maximum Gasteiger partial charge on any atom is 0.313 e. The molecule has 0 saturated carbocycles. The zero-order chi connectivity index (χ0) is 12.0. The topological polar surface area (TPSA) is 55.1 Å². The predicted molar refractivity (Wildman–Crippen MR) is 64.7 cm³/mol. The SMILES string of the molecule is CCC(CC)Cn1ccnc1SCC(=O)O. The van der Waals surface area contributed by atoms with Gasteiger partial charge >= 0.3 is 5.97 Å². The first kappa shape index (κ1) is 13.1. The molecule has 90 valence electrons. The van der Waals surface area contributed by atoms with E-state index in [1.807, 2.05) is 10.8 Å². The number of carboxylic acids is 1. The normalized spacial score (nSPS) is 10.9. The molecule has 0 unspecified atom stereocenters. The van der Waals surface area contributed by atoms with Crippen LogP contribution in [0, 0.1) is 5.92 Å². The summed E-state index contributed by atoms with van der Waals surface area (Å²) in [6.45, 7) is 5.28. The molecule has 1 aromatic heterocycles. The van der Waals surface area contributed by atoms with E-state index in [-0.39, 0.29) is 5.75 Å². The first-order valence-corrected chi connectivity index (χ1v) is 6.51. The molecular formula is C11H18N2O2S. The Morgan fingerprint density at radius 3 is 2.81 bits per heavy atom. The largest absolute Gasteiger partial charge is 0.481 e. The molecule has 0 radical (unpaired) electrons. The molecule has 0 aliphatic rings. The van der Waals surface area contributed by atoms with E-state index in [1.165, 1.54) is 11.8 Å². The third-order valence-electron chi connectivity index (χ3n) is 2.61. The smallest absolute Gasteiger partial charge is 0.313 e. The Morgan fingerprint density at radius 2 is 2.25 bits per heavy atom. The molecule has 0 amide bonds. The fraction of sp³-hybridized carbons (Fsp3) is 0.636. The highest BCUT2D eigenvalue weighted by atomic mass is 32.2. The zero-order valence-electron chi connectivity index (χ0n) is 9.72. The third kappa shape index (κ3) is 3.89. The van der Waals surface area contributed by atoms with E-state index in [0.717, 1.165) is 24.5 Å². The van der Waals surface area contributed by atoms with Gasteiger partial charge in [0.2, 0.25) is 0 Å². The van der Waals surface area contributed by atoms with E-state index >= 15 is 0 Å². The second-order valence-electron chi connectivity index (χ2n) is 3.73. The number of nitrogens with zero attached hydrogens (tertiary/aromatic N) is 2. The van der Waals surface area contributed by atoms with E-state index in [1.54, 1.807) is 6.20 Å². The number of hydrogen-bond donors (Lipinski definition) is 1. The molecule has 0 spiro atoms. The maximum atomic E-state index is 10.5. The number of carbonyl (C=O) groups is 1. The van der Waals surface area contributed by atoms with Gasteiger partial charge in [-0.25, -0.2) is 4.98 Å². The molecule has 4 nitrogen and oxygen atoms in total. The summed E-state index contributed by atoms with van der Waals surface area (Å²) < 4.78 is 2.05. The molecule has 0 fully saturated rings. The van der Waals surface area contributed by atoms with Gasteiger partial charge in [-0.3, -0.25) is 4.79 Å². The first-order valence-electron chi connectivity index (χ1n) is 5.53. The number of rotatable bonds is 7. The van der Waals surface area contributed by atoms with Gasteiger partial charge in [0.15, 0.2) is 5.16 Å². The van der Waals surface area contributed by atoms with E-state index < -0.39 is 5.97 Å². The Kier molecular flexibility index (Phi) is 5.38. The fourth-order valence-electron chi connectivity index (χ4n) is 1.53. The van der Waals surface area contributed by atoms with Crippen LogP contribution in [0.3, 0.4) is 0 Å². The van der Waals surface area contributed by atoms with Crippen molar-refractivity contribution in [2.75, 3.05) is 5.75 Å². The standard InChI is InChI=1S/C11H18N2O2S/c1-3-9(4-2)7-13-6-5-12-11(13)16-8-10(14)15/h5-6,9H,3-4,7-8H2,1-2H3,(H,14,15). The van der Waals surface area contributed by atoms with Crippen molar-refractivity contribution in [1.29, 1.82) is 0 Å². The molecule has 1 aromatic rings. The van der Waals surface area contributed by atoms with Crippen molar-refractivity contribution >= 4 is 17.7 Å². The van der Waals surface area contributed by atoms with Crippen LogP contribution in [0.2, 0.25) is 0 Å². The second kappa shape index (κ2) is 6.58. The first-order chi connectivity index (χ1) is 7.67. The van der Waals surface area contributed by atoms with Gasteiger partial charge in [-0.1, -0.05) is 38.5 Å². The van der Waals surface area contributed by atoms with Crippen LogP contribution >= 0.6 is 11.8 Å². The summed E-state index contributed by atoms with van der Waals surface area (Å²) in [5.41, 5.74) is 0. The Bertz CT molecular complexity index is 334. The predicted octanol–water partition coefficient (Wildman–Crippen LogP) is 2.50. The highest BCUT2D eigenvalue weighted by Gasteiger charge is 2.10. The molecule has 0 aromatic carbocycles. The lowest BCUT2D eigenvalue weighted by atomic mass is 10.0. The van der Waals surface area contributed by atoms with Crippen molar-refractivity contribution in [2.45, 2.75) is 38.4 Å². The Balaban J connectivity index is 2.59. The number of aromatic nitrogens is 2. The van der Waals surface area contributed by atoms with Crippen LogP contribution in [0.5, 0.6) is 0 Å². The van der Waals surface area contributed by atoms with Crippen molar-refractivity contribution in [2.24, 2.45) is 5.92 Å². The molecular weight excluding hydrogens is 224 g/mol. The minimum atomic E-state index is -0.804. The molecule has 0 atom stereocenters. The van der Waals surface area contributed by atoms with Gasteiger partial charge in [-0.2, -0.15) is 0 Å². The van der Waals surface area contributed by atoms with Crippen molar-refractivity contribution in [3.05, 3.63) is 12.4 Å². The number of thioether (sulfide) groups is 1. The Morgan fingerprint density at radius 1 is 1.56 bits per heavy atom. The van der Waals surface area contributed by atoms with Crippen LogP contribution in [-0.2, 0) is 11.3 Å². The lowest BCUT2D eigenvalue weighted by molar-refractivity contribution is -0.133.